The van der Waals surface area contributed by atoms with Gasteiger partial charge in [0.1, 0.15) is 24.3 Å². The second kappa shape index (κ2) is 8.23. The Morgan fingerprint density at radius 1 is 1.10 bits per heavy atom. The van der Waals surface area contributed by atoms with Crippen molar-refractivity contribution in [3.05, 3.63) is 89.5 Å². The van der Waals surface area contributed by atoms with Crippen LogP contribution in [0.15, 0.2) is 88.4 Å². The molecule has 2 aromatic carbocycles. The molecule has 1 saturated heterocycles. The Morgan fingerprint density at radius 3 is 2.71 bits per heavy atom. The van der Waals surface area contributed by atoms with Crippen LogP contribution in [0.2, 0.25) is 0 Å². The van der Waals surface area contributed by atoms with Crippen LogP contribution in [0.3, 0.4) is 0 Å². The number of aliphatic imine (C=N–C) groups is 2. The number of benzene rings is 2. The minimum absolute atomic E-state index is 0.0628. The summed E-state index contributed by atoms with van der Waals surface area (Å²) < 4.78 is 6.11. The first-order valence-electron chi connectivity index (χ1n) is 10.8. The number of nitrogens with two attached hydrogens (primary N) is 1. The minimum atomic E-state index is 0.0628. The van der Waals surface area contributed by atoms with Gasteiger partial charge in [0, 0.05) is 5.92 Å². The van der Waals surface area contributed by atoms with E-state index in [1.165, 1.54) is 0 Å². The number of amidine groups is 1. The Labute approximate surface area is 183 Å². The van der Waals surface area contributed by atoms with Crippen LogP contribution in [0.4, 0.5) is 0 Å². The molecule has 3 aliphatic rings. The molecule has 1 atom stereocenters. The highest BCUT2D eigenvalue weighted by molar-refractivity contribution is 6.00. The fraction of sp³-hybridized carbons (Fsp3) is 0.280. The summed E-state index contributed by atoms with van der Waals surface area (Å²) in [6.45, 7) is 2.68. The molecular weight excluding hydrogens is 386 g/mol. The van der Waals surface area contributed by atoms with Crippen LogP contribution in [-0.2, 0) is 6.61 Å². The lowest BCUT2D eigenvalue weighted by atomic mass is 9.93. The van der Waals surface area contributed by atoms with E-state index in [1.807, 2.05) is 48.8 Å². The molecule has 6 heteroatoms. The van der Waals surface area contributed by atoms with Gasteiger partial charge in [-0.1, -0.05) is 36.4 Å². The van der Waals surface area contributed by atoms with Crippen LogP contribution in [0.1, 0.15) is 24.0 Å². The fourth-order valence-corrected chi connectivity index (χ4v) is 4.45. The molecule has 3 heterocycles. The van der Waals surface area contributed by atoms with Gasteiger partial charge in [-0.05, 0) is 56.7 Å². The van der Waals surface area contributed by atoms with Crippen molar-refractivity contribution in [2.45, 2.75) is 19.4 Å². The van der Waals surface area contributed by atoms with E-state index in [9.17, 15) is 0 Å². The van der Waals surface area contributed by atoms with Gasteiger partial charge in [0.2, 0.25) is 5.70 Å². The van der Waals surface area contributed by atoms with E-state index in [0.717, 1.165) is 60.0 Å². The maximum absolute atomic E-state index is 6.90. The summed E-state index contributed by atoms with van der Waals surface area (Å²) in [5, 5.41) is 0. The van der Waals surface area contributed by atoms with E-state index in [0.29, 0.717) is 12.5 Å². The van der Waals surface area contributed by atoms with Gasteiger partial charge in [0.15, 0.2) is 0 Å². The number of ether oxygens (including phenoxy) is 1. The predicted octanol–water partition coefficient (Wildman–Crippen LogP) is 3.83. The first kappa shape index (κ1) is 19.9. The van der Waals surface area contributed by atoms with Crippen molar-refractivity contribution in [2.24, 2.45) is 21.7 Å². The number of allylic oxidation sites excluding steroid dienone is 2. The van der Waals surface area contributed by atoms with Gasteiger partial charge in [-0.3, -0.25) is 4.99 Å². The highest BCUT2D eigenvalue weighted by Crippen LogP contribution is 2.38. The monoisotopic (exact) mass is 414 g/mol. The van der Waals surface area contributed by atoms with Crippen LogP contribution in [0.5, 0.6) is 5.75 Å². The molecule has 31 heavy (non-hydrogen) atoms. The molecule has 1 unspecified atom stereocenters. The van der Waals surface area contributed by atoms with Crippen molar-refractivity contribution >= 4 is 12.1 Å². The van der Waals surface area contributed by atoms with E-state index in [2.05, 4.69) is 35.1 Å². The summed E-state index contributed by atoms with van der Waals surface area (Å²) in [7, 11) is 2.17. The summed E-state index contributed by atoms with van der Waals surface area (Å²) in [6.07, 6.45) is 7.72. The van der Waals surface area contributed by atoms with Gasteiger partial charge in [0.25, 0.3) is 5.84 Å². The summed E-state index contributed by atoms with van der Waals surface area (Å²) in [5.41, 5.74) is 4.16. The van der Waals surface area contributed by atoms with Gasteiger partial charge in [0.05, 0.1) is 18.0 Å². The van der Waals surface area contributed by atoms with Crippen molar-refractivity contribution in [1.82, 2.24) is 4.90 Å². The molecule has 0 saturated carbocycles. The van der Waals surface area contributed by atoms with Crippen LogP contribution in [0, 0.1) is 5.92 Å². The maximum atomic E-state index is 6.90. The number of likely N-dealkylation sites (tertiary alicyclic amines) is 1. The fourth-order valence-electron chi connectivity index (χ4n) is 4.45. The molecule has 0 bridgehead atoms. The zero-order valence-electron chi connectivity index (χ0n) is 17.8. The third-order valence-electron chi connectivity index (χ3n) is 6.27. The molecule has 0 aromatic heterocycles. The lowest BCUT2D eigenvalue weighted by Crippen LogP contribution is -2.53. The number of hydrogen-bond acceptors (Lipinski definition) is 5. The standard InChI is InChI=1S/C25H28N5O/c1-29-13-10-20(11-14-29)24-23-17-27-12-15-30(23,26)25(28-24)21-8-5-9-22(16-21)31-18-19-6-3-2-4-7-19/h2-9,12,15-17,20H,10-11,13-14,18,26H2,1H3/q+1. The molecule has 0 radical (unpaired) electrons. The molecule has 6 nitrogen and oxygen atoms in total. The van der Waals surface area contributed by atoms with E-state index in [4.69, 9.17) is 15.6 Å². The third-order valence-corrected chi connectivity index (χ3v) is 6.27. The number of fused-ring (bicyclic) bond motifs is 1. The van der Waals surface area contributed by atoms with Crippen LogP contribution in [0.25, 0.3) is 0 Å². The van der Waals surface area contributed by atoms with E-state index in [1.54, 1.807) is 6.20 Å². The number of nitrogens with zero attached hydrogens (tertiary/aromatic N) is 4. The Hall–Kier alpha value is -3.06. The molecule has 2 N–H and O–H groups in total. The molecule has 5 rings (SSSR count). The maximum Gasteiger partial charge on any atom is 0.265 e. The first-order chi connectivity index (χ1) is 15.1. The zero-order valence-corrected chi connectivity index (χ0v) is 17.8. The van der Waals surface area contributed by atoms with Gasteiger partial charge in [-0.2, -0.15) is 10.8 Å². The van der Waals surface area contributed by atoms with Crippen LogP contribution < -0.4 is 10.6 Å². The Balaban J connectivity index is 1.44. The van der Waals surface area contributed by atoms with E-state index in [-0.39, 0.29) is 4.59 Å². The Kier molecular flexibility index (Phi) is 5.28. The van der Waals surface area contributed by atoms with Gasteiger partial charge in [-0.25, -0.2) is 0 Å². The van der Waals surface area contributed by atoms with Crippen molar-refractivity contribution in [3.8, 4) is 5.75 Å². The quantitative estimate of drug-likeness (QED) is 0.598. The lowest BCUT2D eigenvalue weighted by molar-refractivity contribution is -0.750. The van der Waals surface area contributed by atoms with Crippen molar-refractivity contribution in [1.29, 1.82) is 0 Å². The topological polar surface area (TPSA) is 63.2 Å². The average molecular weight is 415 g/mol. The second-order valence-electron chi connectivity index (χ2n) is 8.44. The number of rotatable bonds is 5. The zero-order chi connectivity index (χ0) is 21.3. The van der Waals surface area contributed by atoms with Gasteiger partial charge >= 0.3 is 0 Å². The van der Waals surface area contributed by atoms with Crippen molar-refractivity contribution in [2.75, 3.05) is 20.1 Å². The van der Waals surface area contributed by atoms with E-state index >= 15 is 0 Å². The Morgan fingerprint density at radius 2 is 1.90 bits per heavy atom. The molecule has 0 amide bonds. The normalized spacial score (nSPS) is 23.7. The SMILES string of the molecule is CN1CCC(C2=C3C=NC=C[N+]3(N)C(c3cccc(OCc4ccccc4)c3)=N2)CC1. The highest BCUT2D eigenvalue weighted by atomic mass is 16.5. The second-order valence-corrected chi connectivity index (χ2v) is 8.44. The number of quaternary nitrogens is 1. The predicted molar refractivity (Wildman–Crippen MR) is 123 cm³/mol. The first-order valence-corrected chi connectivity index (χ1v) is 10.8. The van der Waals surface area contributed by atoms with Crippen LogP contribution >= 0.6 is 0 Å². The van der Waals surface area contributed by atoms with Gasteiger partial charge < -0.3 is 9.64 Å². The van der Waals surface area contributed by atoms with Crippen molar-refractivity contribution < 1.29 is 9.33 Å². The summed E-state index contributed by atoms with van der Waals surface area (Å²) >= 11 is 0. The molecule has 0 spiro atoms. The largest absolute Gasteiger partial charge is 0.489 e. The summed E-state index contributed by atoms with van der Waals surface area (Å²) in [6, 6.07) is 18.2. The van der Waals surface area contributed by atoms with Crippen molar-refractivity contribution in [3.63, 3.8) is 0 Å². The highest BCUT2D eigenvalue weighted by Gasteiger charge is 2.46. The molecular formula is C25H28N5O+. The third kappa shape index (κ3) is 3.85. The van der Waals surface area contributed by atoms with E-state index < -0.39 is 0 Å². The number of hydrogen-bond donors (Lipinski definition) is 1. The molecule has 0 aliphatic carbocycles. The minimum Gasteiger partial charge on any atom is -0.489 e. The lowest BCUT2D eigenvalue weighted by Gasteiger charge is -2.29. The Bertz CT molecular complexity index is 1080. The molecule has 158 valence electrons. The number of piperidine rings is 1. The molecule has 2 aromatic rings. The molecule has 1 fully saturated rings. The summed E-state index contributed by atoms with van der Waals surface area (Å²) in [4.78, 5) is 11.8. The smallest absolute Gasteiger partial charge is 0.265 e. The molecule has 3 aliphatic heterocycles. The summed E-state index contributed by atoms with van der Waals surface area (Å²) in [5.74, 6) is 8.92. The van der Waals surface area contributed by atoms with Crippen LogP contribution in [-0.4, -0.2) is 41.7 Å². The van der Waals surface area contributed by atoms with Gasteiger partial charge in [-0.15, -0.1) is 4.59 Å². The average Bonchev–Trinajstić information content (AvgIpc) is 3.12.